The van der Waals surface area contributed by atoms with Crippen LogP contribution in [0.5, 0.6) is 0 Å². The van der Waals surface area contributed by atoms with Gasteiger partial charge in [0.05, 0.1) is 0 Å². The van der Waals surface area contributed by atoms with Crippen LogP contribution in [0.25, 0.3) is 17.2 Å². The van der Waals surface area contributed by atoms with E-state index in [1.165, 1.54) is 17.8 Å². The van der Waals surface area contributed by atoms with Gasteiger partial charge in [-0.3, -0.25) is 0 Å². The predicted octanol–water partition coefficient (Wildman–Crippen LogP) is 2.65. The highest BCUT2D eigenvalue weighted by atomic mass is 32.2. The summed E-state index contributed by atoms with van der Waals surface area (Å²) >= 11 is 1.43. The maximum Gasteiger partial charge on any atom is 0.328 e. The van der Waals surface area contributed by atoms with Crippen LogP contribution in [0.4, 0.5) is 0 Å². The lowest BCUT2D eigenvalue weighted by molar-refractivity contribution is -0.131. The molecule has 0 bridgehead atoms. The normalized spacial score (nSPS) is 11.3. The van der Waals surface area contributed by atoms with Gasteiger partial charge in [-0.05, 0) is 30.0 Å². The molecule has 2 rings (SSSR count). The minimum absolute atomic E-state index is 0.606. The molecule has 1 N–H and O–H groups in total. The van der Waals surface area contributed by atoms with Gasteiger partial charge in [0, 0.05) is 6.08 Å². The molecule has 0 atom stereocenters. The first-order chi connectivity index (χ1) is 7.69. The number of aromatic nitrogens is 1. The zero-order valence-electron chi connectivity index (χ0n) is 8.51. The van der Waals surface area contributed by atoms with Gasteiger partial charge >= 0.3 is 5.97 Å². The summed E-state index contributed by atoms with van der Waals surface area (Å²) in [6.07, 6.45) is 4.50. The Hall–Kier alpha value is -1.75. The van der Waals surface area contributed by atoms with E-state index < -0.39 is 5.97 Å². The van der Waals surface area contributed by atoms with E-state index in [2.05, 4.69) is 4.98 Å². The predicted molar refractivity (Wildman–Crippen MR) is 62.5 cm³/mol. The van der Waals surface area contributed by atoms with Crippen molar-refractivity contribution in [1.29, 1.82) is 0 Å². The lowest BCUT2D eigenvalue weighted by atomic mass is 10.2. The molecule has 0 unspecified atom stereocenters. The number of carboxylic acids is 1. The highest BCUT2D eigenvalue weighted by molar-refractivity contribution is 7.98. The molecular formula is C11H9NO3S. The second-order valence-corrected chi connectivity index (χ2v) is 3.84. The van der Waals surface area contributed by atoms with Gasteiger partial charge in [0.15, 0.2) is 5.58 Å². The Balaban J connectivity index is 2.39. The topological polar surface area (TPSA) is 63.3 Å². The smallest absolute Gasteiger partial charge is 0.328 e. The second-order valence-electron chi connectivity index (χ2n) is 3.08. The van der Waals surface area contributed by atoms with E-state index in [-0.39, 0.29) is 0 Å². The van der Waals surface area contributed by atoms with Crippen LogP contribution >= 0.6 is 11.8 Å². The summed E-state index contributed by atoms with van der Waals surface area (Å²) in [6, 6.07) is 5.36. The van der Waals surface area contributed by atoms with Gasteiger partial charge < -0.3 is 9.52 Å². The number of nitrogens with zero attached hydrogens (tertiary/aromatic N) is 1. The molecule has 1 heterocycles. The summed E-state index contributed by atoms with van der Waals surface area (Å²) in [5.41, 5.74) is 2.23. The van der Waals surface area contributed by atoms with Crippen LogP contribution in [0.15, 0.2) is 33.9 Å². The molecule has 0 aliphatic rings. The third kappa shape index (κ3) is 2.25. The lowest BCUT2D eigenvalue weighted by Gasteiger charge is -1.90. The van der Waals surface area contributed by atoms with Crippen molar-refractivity contribution in [2.75, 3.05) is 6.26 Å². The van der Waals surface area contributed by atoms with Gasteiger partial charge in [0.2, 0.25) is 0 Å². The monoisotopic (exact) mass is 235 g/mol. The average Bonchev–Trinajstić information content (AvgIpc) is 2.68. The Kier molecular flexibility index (Phi) is 2.96. The Morgan fingerprint density at radius 1 is 1.56 bits per heavy atom. The summed E-state index contributed by atoms with van der Waals surface area (Å²) in [5.74, 6) is -0.968. The van der Waals surface area contributed by atoms with E-state index in [4.69, 9.17) is 9.52 Å². The number of oxazole rings is 1. The number of rotatable bonds is 3. The first-order valence-corrected chi connectivity index (χ1v) is 5.77. The molecule has 0 amide bonds. The molecule has 0 aliphatic carbocycles. The molecule has 0 aliphatic heterocycles. The molecule has 1 aromatic heterocycles. The quantitative estimate of drug-likeness (QED) is 0.654. The van der Waals surface area contributed by atoms with E-state index in [1.807, 2.05) is 6.26 Å². The van der Waals surface area contributed by atoms with Crippen LogP contribution in [0.2, 0.25) is 0 Å². The standard InChI is InChI=1S/C11H9NO3S/c1-16-11-12-8-6-7(3-5-10(13)14)2-4-9(8)15-11/h2-6H,1H3,(H,13,14)/b5-3+. The summed E-state index contributed by atoms with van der Waals surface area (Å²) in [7, 11) is 0. The lowest BCUT2D eigenvalue weighted by Crippen LogP contribution is -1.85. The van der Waals surface area contributed by atoms with Gasteiger partial charge in [-0.15, -0.1) is 0 Å². The molecule has 16 heavy (non-hydrogen) atoms. The van der Waals surface area contributed by atoms with E-state index in [0.717, 1.165) is 17.2 Å². The zero-order valence-corrected chi connectivity index (χ0v) is 9.32. The second kappa shape index (κ2) is 4.40. The maximum atomic E-state index is 10.4. The number of benzene rings is 1. The highest BCUT2D eigenvalue weighted by Gasteiger charge is 2.04. The van der Waals surface area contributed by atoms with Crippen molar-refractivity contribution >= 4 is 34.9 Å². The van der Waals surface area contributed by atoms with Crippen molar-refractivity contribution in [2.24, 2.45) is 0 Å². The fourth-order valence-electron chi connectivity index (χ4n) is 1.28. The van der Waals surface area contributed by atoms with Crippen LogP contribution in [0, 0.1) is 0 Å². The molecule has 2 aromatic rings. The molecule has 0 fully saturated rings. The molecule has 82 valence electrons. The molecule has 0 radical (unpaired) electrons. The Morgan fingerprint density at radius 3 is 3.06 bits per heavy atom. The number of carbonyl (C=O) groups is 1. The van der Waals surface area contributed by atoms with Gasteiger partial charge in [-0.25, -0.2) is 9.78 Å². The van der Waals surface area contributed by atoms with Crippen LogP contribution in [-0.4, -0.2) is 22.3 Å². The number of aliphatic carboxylic acids is 1. The summed E-state index contributed by atoms with van der Waals surface area (Å²) in [5, 5.41) is 9.11. The van der Waals surface area contributed by atoms with E-state index >= 15 is 0 Å². The Bertz CT molecular complexity index is 559. The van der Waals surface area contributed by atoms with Gasteiger partial charge in [-0.1, -0.05) is 17.8 Å². The van der Waals surface area contributed by atoms with Crippen molar-refractivity contribution in [3.63, 3.8) is 0 Å². The van der Waals surface area contributed by atoms with Crippen LogP contribution in [0.3, 0.4) is 0 Å². The fourth-order valence-corrected chi connectivity index (χ4v) is 1.64. The number of carboxylic acid groups (broad SMARTS) is 1. The van der Waals surface area contributed by atoms with Crippen LogP contribution in [-0.2, 0) is 4.79 Å². The molecule has 1 aromatic carbocycles. The molecule has 0 spiro atoms. The number of fused-ring (bicyclic) bond motifs is 1. The summed E-state index contributed by atoms with van der Waals surface area (Å²) in [4.78, 5) is 14.6. The third-order valence-electron chi connectivity index (χ3n) is 1.98. The Labute approximate surface area is 96.0 Å². The first kappa shape index (κ1) is 10.8. The third-order valence-corrected chi connectivity index (χ3v) is 2.51. The first-order valence-electron chi connectivity index (χ1n) is 4.54. The molecule has 0 saturated heterocycles. The fraction of sp³-hybridized carbons (Fsp3) is 0.0909. The molecule has 4 nitrogen and oxygen atoms in total. The minimum atomic E-state index is -0.968. The average molecular weight is 235 g/mol. The van der Waals surface area contributed by atoms with Crippen molar-refractivity contribution in [3.8, 4) is 0 Å². The van der Waals surface area contributed by atoms with E-state index in [1.54, 1.807) is 18.2 Å². The SMILES string of the molecule is CSc1nc2cc(/C=C/C(=O)O)ccc2o1. The number of hydrogen-bond donors (Lipinski definition) is 1. The van der Waals surface area contributed by atoms with Crippen molar-refractivity contribution < 1.29 is 14.3 Å². The number of thioether (sulfide) groups is 1. The largest absolute Gasteiger partial charge is 0.478 e. The van der Waals surface area contributed by atoms with E-state index in [0.29, 0.717) is 10.8 Å². The van der Waals surface area contributed by atoms with Crippen molar-refractivity contribution in [2.45, 2.75) is 5.22 Å². The summed E-state index contributed by atoms with van der Waals surface area (Å²) in [6.45, 7) is 0. The van der Waals surface area contributed by atoms with Gasteiger partial charge in [0.1, 0.15) is 5.52 Å². The Morgan fingerprint density at radius 2 is 2.38 bits per heavy atom. The summed E-state index contributed by atoms with van der Waals surface area (Å²) < 4.78 is 5.41. The van der Waals surface area contributed by atoms with Gasteiger partial charge in [0.25, 0.3) is 5.22 Å². The van der Waals surface area contributed by atoms with Gasteiger partial charge in [-0.2, -0.15) is 0 Å². The van der Waals surface area contributed by atoms with Crippen molar-refractivity contribution in [1.82, 2.24) is 4.98 Å². The molecular weight excluding hydrogens is 226 g/mol. The maximum absolute atomic E-state index is 10.4. The highest BCUT2D eigenvalue weighted by Crippen LogP contribution is 2.22. The van der Waals surface area contributed by atoms with Crippen LogP contribution in [0.1, 0.15) is 5.56 Å². The zero-order chi connectivity index (χ0) is 11.5. The molecule has 0 saturated carbocycles. The van der Waals surface area contributed by atoms with E-state index in [9.17, 15) is 4.79 Å². The van der Waals surface area contributed by atoms with Crippen LogP contribution < -0.4 is 0 Å². The number of hydrogen-bond acceptors (Lipinski definition) is 4. The minimum Gasteiger partial charge on any atom is -0.478 e. The van der Waals surface area contributed by atoms with Crippen molar-refractivity contribution in [3.05, 3.63) is 29.8 Å². The molecule has 5 heteroatoms.